The lowest BCUT2D eigenvalue weighted by Crippen LogP contribution is -2.38. The first-order valence-electron chi connectivity index (χ1n) is 7.27. The van der Waals surface area contributed by atoms with Crippen LogP contribution in [0.1, 0.15) is 30.9 Å². The van der Waals surface area contributed by atoms with Gasteiger partial charge in [-0.2, -0.15) is 0 Å². The zero-order valence-corrected chi connectivity index (χ0v) is 13.9. The number of aromatic nitrogens is 2. The van der Waals surface area contributed by atoms with Crippen molar-refractivity contribution >= 4 is 27.0 Å². The predicted molar refractivity (Wildman–Crippen MR) is 86.5 cm³/mol. The molecule has 1 aliphatic heterocycles. The highest BCUT2D eigenvalue weighted by Crippen LogP contribution is 2.32. The minimum Gasteiger partial charge on any atom is -0.387 e. The number of hydrogen-bond donors (Lipinski definition) is 2. The Morgan fingerprint density at radius 3 is 2.57 bits per heavy atom. The lowest BCUT2D eigenvalue weighted by Gasteiger charge is -2.28. The van der Waals surface area contributed by atoms with Gasteiger partial charge in [-0.05, 0) is 37.1 Å². The highest BCUT2D eigenvalue weighted by atomic mass is 79.9. The Kier molecular flexibility index (Phi) is 3.94. The smallest absolute Gasteiger partial charge is 0.328 e. The van der Waals surface area contributed by atoms with E-state index in [0.717, 1.165) is 46.9 Å². The second kappa shape index (κ2) is 5.59. The number of aliphatic hydroxyl groups is 1. The van der Waals surface area contributed by atoms with Gasteiger partial charge in [0.05, 0.1) is 17.1 Å². The molecule has 0 bridgehead atoms. The molecule has 5 nitrogen and oxygen atoms in total. The molecule has 2 N–H and O–H groups in total. The number of piperidine rings is 1. The van der Waals surface area contributed by atoms with Crippen LogP contribution in [0.15, 0.2) is 21.4 Å². The summed E-state index contributed by atoms with van der Waals surface area (Å²) in [6.45, 7) is 0.950. The van der Waals surface area contributed by atoms with Crippen molar-refractivity contribution < 1.29 is 5.11 Å². The summed E-state index contributed by atoms with van der Waals surface area (Å²) in [6.07, 6.45) is 2.70. The van der Waals surface area contributed by atoms with E-state index < -0.39 is 6.10 Å². The van der Waals surface area contributed by atoms with Crippen molar-refractivity contribution in [1.29, 1.82) is 0 Å². The topological polar surface area (TPSA) is 59.2 Å². The normalized spacial score (nSPS) is 20.9. The number of halogens is 1. The Morgan fingerprint density at radius 2 is 1.95 bits per heavy atom. The minimum absolute atomic E-state index is 0.0562. The maximum atomic E-state index is 12.0. The molecule has 2 atom stereocenters. The van der Waals surface area contributed by atoms with Crippen LogP contribution in [0.4, 0.5) is 0 Å². The van der Waals surface area contributed by atoms with Crippen molar-refractivity contribution in [3.63, 3.8) is 0 Å². The molecule has 0 saturated carbocycles. The summed E-state index contributed by atoms with van der Waals surface area (Å²) in [7, 11) is 3.52. The standard InChI is InChI=1S/C15H20BrN3O2/c1-18-12-7-9(14(20)11-5-3-4-6-17-11)10(16)8-13(12)19(2)15(18)21/h7-8,11,14,17,20H,3-6H2,1-2H3. The van der Waals surface area contributed by atoms with Gasteiger partial charge in [-0.25, -0.2) is 4.79 Å². The van der Waals surface area contributed by atoms with Crippen LogP contribution in [0.5, 0.6) is 0 Å². The van der Waals surface area contributed by atoms with Crippen molar-refractivity contribution in [2.24, 2.45) is 14.1 Å². The number of nitrogens with zero attached hydrogens (tertiary/aromatic N) is 2. The fourth-order valence-electron chi connectivity index (χ4n) is 3.13. The summed E-state index contributed by atoms with van der Waals surface area (Å²) in [4.78, 5) is 12.0. The number of aryl methyl sites for hydroxylation is 2. The van der Waals surface area contributed by atoms with Crippen LogP contribution in [-0.4, -0.2) is 26.8 Å². The van der Waals surface area contributed by atoms with Crippen LogP contribution < -0.4 is 11.0 Å². The van der Waals surface area contributed by atoms with Gasteiger partial charge in [0.1, 0.15) is 0 Å². The van der Waals surface area contributed by atoms with Crippen molar-refractivity contribution in [3.8, 4) is 0 Å². The number of benzene rings is 1. The quantitative estimate of drug-likeness (QED) is 0.865. The number of aliphatic hydroxyl groups excluding tert-OH is 1. The van der Waals surface area contributed by atoms with Gasteiger partial charge in [0.2, 0.25) is 0 Å². The molecule has 1 aromatic heterocycles. The molecule has 1 aliphatic rings. The average molecular weight is 354 g/mol. The van der Waals surface area contributed by atoms with E-state index in [0.29, 0.717) is 0 Å². The minimum atomic E-state index is -0.570. The molecule has 0 aliphatic carbocycles. The van der Waals surface area contributed by atoms with Gasteiger partial charge in [-0.15, -0.1) is 0 Å². The average Bonchev–Trinajstić information content (AvgIpc) is 2.71. The van der Waals surface area contributed by atoms with Gasteiger partial charge in [0.25, 0.3) is 0 Å². The van der Waals surface area contributed by atoms with Gasteiger partial charge < -0.3 is 10.4 Å². The first kappa shape index (κ1) is 14.8. The summed E-state index contributed by atoms with van der Waals surface area (Å²) in [6, 6.07) is 3.91. The Bertz CT molecular complexity index is 729. The first-order valence-corrected chi connectivity index (χ1v) is 8.06. The Labute approximate surface area is 131 Å². The van der Waals surface area contributed by atoms with E-state index in [1.807, 2.05) is 12.1 Å². The van der Waals surface area contributed by atoms with Crippen LogP contribution in [0.25, 0.3) is 11.0 Å². The van der Waals surface area contributed by atoms with Crippen molar-refractivity contribution in [3.05, 3.63) is 32.7 Å². The van der Waals surface area contributed by atoms with Crippen LogP contribution in [-0.2, 0) is 14.1 Å². The van der Waals surface area contributed by atoms with Crippen LogP contribution in [0, 0.1) is 0 Å². The predicted octanol–water partition coefficient (Wildman–Crippen LogP) is 1.81. The zero-order chi connectivity index (χ0) is 15.1. The molecule has 114 valence electrons. The number of nitrogens with one attached hydrogen (secondary N) is 1. The number of imidazole rings is 1. The van der Waals surface area contributed by atoms with Crippen LogP contribution >= 0.6 is 15.9 Å². The van der Waals surface area contributed by atoms with Gasteiger partial charge in [0.15, 0.2) is 0 Å². The molecule has 0 spiro atoms. The molecule has 0 amide bonds. The summed E-state index contributed by atoms with van der Waals surface area (Å²) in [5.41, 5.74) is 2.49. The molecule has 6 heteroatoms. The van der Waals surface area contributed by atoms with Crippen molar-refractivity contribution in [2.45, 2.75) is 31.4 Å². The molecule has 2 unspecified atom stereocenters. The van der Waals surface area contributed by atoms with Gasteiger partial charge in [-0.3, -0.25) is 9.13 Å². The summed E-state index contributed by atoms with van der Waals surface area (Å²) < 4.78 is 4.08. The van der Waals surface area contributed by atoms with Gasteiger partial charge in [-0.1, -0.05) is 22.4 Å². The van der Waals surface area contributed by atoms with Gasteiger partial charge in [0, 0.05) is 24.6 Å². The molecular formula is C15H20BrN3O2. The summed E-state index contributed by atoms with van der Waals surface area (Å²) in [5.74, 6) is 0. The highest BCUT2D eigenvalue weighted by Gasteiger charge is 2.25. The Hall–Kier alpha value is -1.11. The molecule has 21 heavy (non-hydrogen) atoms. The third kappa shape index (κ3) is 2.45. The zero-order valence-electron chi connectivity index (χ0n) is 12.3. The van der Waals surface area contributed by atoms with Gasteiger partial charge >= 0.3 is 5.69 Å². The fourth-order valence-corrected chi connectivity index (χ4v) is 3.69. The van der Waals surface area contributed by atoms with Crippen molar-refractivity contribution in [1.82, 2.24) is 14.5 Å². The van der Waals surface area contributed by atoms with Crippen LogP contribution in [0.2, 0.25) is 0 Å². The SMILES string of the molecule is Cn1c(=O)n(C)c2cc(C(O)C3CCCCN3)c(Br)cc21. The summed E-state index contributed by atoms with van der Waals surface area (Å²) in [5, 5.41) is 14.0. The highest BCUT2D eigenvalue weighted by molar-refractivity contribution is 9.10. The maximum Gasteiger partial charge on any atom is 0.328 e. The van der Waals surface area contributed by atoms with Crippen LogP contribution in [0.3, 0.4) is 0 Å². The van der Waals surface area contributed by atoms with E-state index in [1.165, 1.54) is 0 Å². The number of rotatable bonds is 2. The number of fused-ring (bicyclic) bond motifs is 1. The third-order valence-electron chi connectivity index (χ3n) is 4.44. The van der Waals surface area contributed by atoms with E-state index in [1.54, 1.807) is 23.2 Å². The third-order valence-corrected chi connectivity index (χ3v) is 5.13. The Balaban J connectivity index is 2.08. The molecule has 0 radical (unpaired) electrons. The largest absolute Gasteiger partial charge is 0.387 e. The van der Waals surface area contributed by atoms with E-state index in [-0.39, 0.29) is 11.7 Å². The maximum absolute atomic E-state index is 12.0. The lowest BCUT2D eigenvalue weighted by molar-refractivity contribution is 0.113. The molecule has 2 heterocycles. The second-order valence-electron chi connectivity index (χ2n) is 5.76. The molecule has 1 aromatic carbocycles. The van der Waals surface area contributed by atoms with Crippen molar-refractivity contribution in [2.75, 3.05) is 6.54 Å². The monoisotopic (exact) mass is 353 g/mol. The summed E-state index contributed by atoms with van der Waals surface area (Å²) >= 11 is 3.54. The number of hydrogen-bond acceptors (Lipinski definition) is 3. The van der Waals surface area contributed by atoms with E-state index >= 15 is 0 Å². The molecule has 3 rings (SSSR count). The molecule has 2 aromatic rings. The lowest BCUT2D eigenvalue weighted by atomic mass is 9.94. The molecule has 1 fully saturated rings. The van der Waals surface area contributed by atoms with E-state index in [4.69, 9.17) is 0 Å². The van der Waals surface area contributed by atoms with E-state index in [2.05, 4.69) is 21.2 Å². The van der Waals surface area contributed by atoms with E-state index in [9.17, 15) is 9.90 Å². The molecule has 1 saturated heterocycles. The first-order chi connectivity index (χ1) is 10.0. The second-order valence-corrected chi connectivity index (χ2v) is 6.62. The fraction of sp³-hybridized carbons (Fsp3) is 0.533. The molecular weight excluding hydrogens is 334 g/mol. The Morgan fingerprint density at radius 1 is 1.29 bits per heavy atom.